The quantitative estimate of drug-likeness (QED) is 0.448. The molecular formula is C7H19FeO3+. The molecule has 0 spiro atoms. The fourth-order valence-corrected chi connectivity index (χ4v) is 0.510. The van der Waals surface area contributed by atoms with Crippen LogP contribution in [0.5, 0.6) is 0 Å². The summed E-state index contributed by atoms with van der Waals surface area (Å²) in [7, 11) is 2.00. The smallest absolute Gasteiger partial charge is 0.400 e. The van der Waals surface area contributed by atoms with Crippen LogP contribution in [0.25, 0.3) is 0 Å². The number of hydrogen-bond acceptors (Lipinski definition) is 3. The Kier molecular flexibility index (Phi) is 64.5. The van der Waals surface area contributed by atoms with Crippen molar-refractivity contribution < 1.29 is 32.0 Å². The van der Waals surface area contributed by atoms with Crippen molar-refractivity contribution in [1.29, 1.82) is 0 Å². The summed E-state index contributed by atoms with van der Waals surface area (Å²) in [5.74, 6) is 0. The molecule has 0 aromatic carbocycles. The Morgan fingerprint density at radius 1 is 0.909 bits per heavy atom. The van der Waals surface area contributed by atoms with Crippen molar-refractivity contribution in [2.75, 3.05) is 27.4 Å². The molecule has 72 valence electrons. The zero-order chi connectivity index (χ0) is 7.54. The maximum Gasteiger partial charge on any atom is 2.00 e. The van der Waals surface area contributed by atoms with Gasteiger partial charge in [0, 0.05) is 27.4 Å². The van der Waals surface area contributed by atoms with Crippen LogP contribution in [0.4, 0.5) is 0 Å². The van der Waals surface area contributed by atoms with Gasteiger partial charge in [-0.15, -0.1) is 0 Å². The molecule has 0 amide bonds. The molecule has 0 saturated carbocycles. The number of hydrogen-bond donors (Lipinski definition) is 2. The summed E-state index contributed by atoms with van der Waals surface area (Å²) < 4.78 is 4.94. The van der Waals surface area contributed by atoms with Gasteiger partial charge in [-0.05, 0) is 12.8 Å². The molecule has 0 atom stereocenters. The van der Waals surface area contributed by atoms with Crippen LogP contribution in [0.15, 0.2) is 0 Å². The van der Waals surface area contributed by atoms with Gasteiger partial charge in [-0.2, -0.15) is 0 Å². The molecule has 1 aliphatic rings. The Balaban J connectivity index is -0.0000000369. The third kappa shape index (κ3) is 25.2. The molecule has 1 rings (SSSR count). The van der Waals surface area contributed by atoms with Gasteiger partial charge >= 0.3 is 17.1 Å². The van der Waals surface area contributed by atoms with Crippen molar-refractivity contribution in [3.63, 3.8) is 0 Å². The predicted octanol–water partition coefficient (Wildman–Crippen LogP) is 0.462. The van der Waals surface area contributed by atoms with Gasteiger partial charge < -0.3 is 22.4 Å². The Morgan fingerprint density at radius 2 is 1.18 bits per heavy atom. The summed E-state index contributed by atoms with van der Waals surface area (Å²) in [6, 6.07) is 0. The first-order chi connectivity index (χ1) is 4.50. The van der Waals surface area contributed by atoms with E-state index in [9.17, 15) is 0 Å². The van der Waals surface area contributed by atoms with E-state index >= 15 is 0 Å². The summed E-state index contributed by atoms with van der Waals surface area (Å²) in [5.41, 5.74) is 0. The average Bonchev–Trinajstić information content (AvgIpc) is 2.51. The molecule has 11 heavy (non-hydrogen) atoms. The Labute approximate surface area is 80.2 Å². The van der Waals surface area contributed by atoms with Gasteiger partial charge in [0.2, 0.25) is 0 Å². The minimum atomic E-state index is 0. The van der Waals surface area contributed by atoms with Crippen LogP contribution in [0.1, 0.15) is 12.8 Å². The standard InChI is InChI=1S/C4H8O.2CH4O.CH3.Fe/c1-2-4-5-3-1;2*1-2;;/h1-4H2;2*2H,1H3;1H3;/q;;;-1;+2. The first-order valence-corrected chi connectivity index (χ1v) is 2.97. The molecule has 3 nitrogen and oxygen atoms in total. The molecule has 0 aliphatic carbocycles. The molecule has 1 aliphatic heterocycles. The molecule has 1 heterocycles. The van der Waals surface area contributed by atoms with E-state index in [1.165, 1.54) is 12.8 Å². The van der Waals surface area contributed by atoms with Gasteiger partial charge in [-0.25, -0.2) is 0 Å². The molecule has 0 bridgehead atoms. The fraction of sp³-hybridized carbons (Fsp3) is 0.857. The average molecular weight is 207 g/mol. The largest absolute Gasteiger partial charge is 2.00 e. The second-order valence-electron chi connectivity index (χ2n) is 1.32. The normalized spacial score (nSPS) is 12.0. The molecule has 1 saturated heterocycles. The molecule has 0 radical (unpaired) electrons. The van der Waals surface area contributed by atoms with E-state index in [0.717, 1.165) is 27.4 Å². The van der Waals surface area contributed by atoms with Crippen molar-refractivity contribution >= 4 is 0 Å². The number of aliphatic hydroxyl groups excluding tert-OH is 2. The molecule has 2 N–H and O–H groups in total. The molecule has 1 fully saturated rings. The SMILES string of the molecule is C1CCOC1.CO.CO.[CH3-].[Fe+2]. The maximum atomic E-state index is 7.00. The summed E-state index contributed by atoms with van der Waals surface area (Å²) in [6.45, 7) is 2.00. The van der Waals surface area contributed by atoms with Gasteiger partial charge in [0.05, 0.1) is 0 Å². The monoisotopic (exact) mass is 207 g/mol. The number of aliphatic hydroxyl groups is 2. The summed E-state index contributed by atoms with van der Waals surface area (Å²) in [6.07, 6.45) is 2.56. The van der Waals surface area contributed by atoms with E-state index in [0.29, 0.717) is 0 Å². The van der Waals surface area contributed by atoms with Crippen molar-refractivity contribution in [3.05, 3.63) is 7.43 Å². The second-order valence-corrected chi connectivity index (χ2v) is 1.32. The molecule has 0 aromatic rings. The Bertz CT molecular complexity index is 25.3. The summed E-state index contributed by atoms with van der Waals surface area (Å²) >= 11 is 0. The van der Waals surface area contributed by atoms with E-state index in [-0.39, 0.29) is 24.5 Å². The minimum Gasteiger partial charge on any atom is -0.400 e. The third-order valence-corrected chi connectivity index (χ3v) is 0.827. The van der Waals surface area contributed by atoms with Crippen LogP contribution in [0.2, 0.25) is 0 Å². The van der Waals surface area contributed by atoms with Gasteiger partial charge in [0.15, 0.2) is 0 Å². The molecule has 4 heteroatoms. The third-order valence-electron chi connectivity index (χ3n) is 0.827. The van der Waals surface area contributed by atoms with Crippen molar-refractivity contribution in [2.24, 2.45) is 0 Å². The Morgan fingerprint density at radius 3 is 1.27 bits per heavy atom. The van der Waals surface area contributed by atoms with E-state index in [4.69, 9.17) is 14.9 Å². The zero-order valence-corrected chi connectivity index (χ0v) is 8.59. The molecular weight excluding hydrogens is 188 g/mol. The fourth-order valence-electron chi connectivity index (χ4n) is 0.510. The van der Waals surface area contributed by atoms with Gasteiger partial charge in [0.25, 0.3) is 0 Å². The van der Waals surface area contributed by atoms with Crippen LogP contribution in [-0.2, 0) is 21.8 Å². The number of rotatable bonds is 0. The van der Waals surface area contributed by atoms with Crippen LogP contribution < -0.4 is 0 Å². The first kappa shape index (κ1) is 22.5. The van der Waals surface area contributed by atoms with Crippen molar-refractivity contribution in [1.82, 2.24) is 0 Å². The van der Waals surface area contributed by atoms with Crippen molar-refractivity contribution in [3.8, 4) is 0 Å². The van der Waals surface area contributed by atoms with Crippen LogP contribution in [0.3, 0.4) is 0 Å². The zero-order valence-electron chi connectivity index (χ0n) is 7.48. The van der Waals surface area contributed by atoms with E-state index in [1.807, 2.05) is 0 Å². The van der Waals surface area contributed by atoms with Crippen LogP contribution in [-0.4, -0.2) is 37.6 Å². The predicted molar refractivity (Wildman–Crippen MR) is 42.8 cm³/mol. The van der Waals surface area contributed by atoms with Crippen LogP contribution >= 0.6 is 0 Å². The maximum absolute atomic E-state index is 7.00. The second kappa shape index (κ2) is 31.5. The topological polar surface area (TPSA) is 49.7 Å². The van der Waals surface area contributed by atoms with Crippen LogP contribution in [0, 0.1) is 7.43 Å². The van der Waals surface area contributed by atoms with E-state index in [2.05, 4.69) is 0 Å². The summed E-state index contributed by atoms with van der Waals surface area (Å²) in [5, 5.41) is 14.0. The van der Waals surface area contributed by atoms with Gasteiger partial charge in [0.1, 0.15) is 0 Å². The summed E-state index contributed by atoms with van der Waals surface area (Å²) in [4.78, 5) is 0. The van der Waals surface area contributed by atoms with E-state index in [1.54, 1.807) is 0 Å². The first-order valence-electron chi connectivity index (χ1n) is 2.97. The van der Waals surface area contributed by atoms with Gasteiger partial charge in [-0.1, -0.05) is 0 Å². The molecule has 0 aromatic heterocycles. The van der Waals surface area contributed by atoms with Gasteiger partial charge in [-0.3, -0.25) is 0 Å². The van der Waals surface area contributed by atoms with Crippen molar-refractivity contribution in [2.45, 2.75) is 12.8 Å². The molecule has 0 unspecified atom stereocenters. The Hall–Kier alpha value is 0.399. The van der Waals surface area contributed by atoms with E-state index < -0.39 is 0 Å². The number of ether oxygens (including phenoxy) is 1. The minimum absolute atomic E-state index is 0.